The summed E-state index contributed by atoms with van der Waals surface area (Å²) in [6, 6.07) is 5.12. The Labute approximate surface area is 157 Å². The second-order valence-corrected chi connectivity index (χ2v) is 7.46. The smallest absolute Gasteiger partial charge is 0.494 e. The molecule has 26 heavy (non-hydrogen) atoms. The Morgan fingerprint density at radius 3 is 2.54 bits per heavy atom. The molecule has 0 radical (unpaired) electrons. The van der Waals surface area contributed by atoms with Gasteiger partial charge in [-0.15, -0.1) is 5.10 Å². The van der Waals surface area contributed by atoms with Gasteiger partial charge in [0.15, 0.2) is 0 Å². The summed E-state index contributed by atoms with van der Waals surface area (Å²) in [5, 5.41) is 8.50. The maximum atomic E-state index is 14.6. The lowest BCUT2D eigenvalue weighted by atomic mass is 9.87. The summed E-state index contributed by atoms with van der Waals surface area (Å²) in [5.41, 5.74) is -0.889. The van der Waals surface area contributed by atoms with Gasteiger partial charge >= 0.3 is 7.12 Å². The molecule has 0 spiro atoms. The molecule has 138 valence electrons. The fraction of sp³-hybridized carbons (Fsp3) is 0.412. The quantitative estimate of drug-likeness (QED) is 0.755. The maximum absolute atomic E-state index is 14.6. The van der Waals surface area contributed by atoms with Gasteiger partial charge in [-0.2, -0.15) is 0 Å². The van der Waals surface area contributed by atoms with E-state index in [9.17, 15) is 4.39 Å². The third kappa shape index (κ3) is 3.49. The zero-order chi connectivity index (χ0) is 19.1. The lowest BCUT2D eigenvalue weighted by molar-refractivity contribution is 0.00578. The molecule has 3 rings (SSSR count). The average Bonchev–Trinajstić information content (AvgIpc) is 3.09. The zero-order valence-corrected chi connectivity index (χ0v) is 16.0. The fourth-order valence-corrected chi connectivity index (χ4v) is 2.63. The zero-order valence-electron chi connectivity index (χ0n) is 15.3. The highest BCUT2D eigenvalue weighted by Crippen LogP contribution is 2.39. The van der Waals surface area contributed by atoms with Gasteiger partial charge in [0, 0.05) is 5.02 Å². The third-order valence-electron chi connectivity index (χ3n) is 4.66. The molecule has 0 N–H and O–H groups in total. The summed E-state index contributed by atoms with van der Waals surface area (Å²) in [6.45, 7) is 7.45. The summed E-state index contributed by atoms with van der Waals surface area (Å²) < 4.78 is 32.7. The van der Waals surface area contributed by atoms with Crippen LogP contribution in [0.5, 0.6) is 5.75 Å². The highest BCUT2D eigenvalue weighted by molar-refractivity contribution is 6.54. The number of rotatable bonds is 4. The molecule has 0 atom stereocenters. The van der Waals surface area contributed by atoms with Crippen LogP contribution in [-0.4, -0.2) is 40.4 Å². The third-order valence-corrected chi connectivity index (χ3v) is 4.90. The monoisotopic (exact) mass is 379 g/mol. The van der Waals surface area contributed by atoms with E-state index >= 15 is 0 Å². The van der Waals surface area contributed by atoms with Crippen molar-refractivity contribution in [1.29, 1.82) is 0 Å². The molecule has 9 heteroatoms. The maximum Gasteiger partial charge on any atom is 0.525 e. The van der Waals surface area contributed by atoms with Gasteiger partial charge in [-0.1, -0.05) is 16.8 Å². The van der Waals surface area contributed by atoms with Gasteiger partial charge in [0.1, 0.15) is 22.9 Å². The highest BCUT2D eigenvalue weighted by atomic mass is 35.5. The Morgan fingerprint density at radius 1 is 1.27 bits per heavy atom. The van der Waals surface area contributed by atoms with Crippen molar-refractivity contribution in [2.24, 2.45) is 0 Å². The minimum absolute atomic E-state index is 0.319. The van der Waals surface area contributed by atoms with E-state index in [0.29, 0.717) is 22.2 Å². The molecule has 1 fully saturated rings. The second-order valence-electron chi connectivity index (χ2n) is 7.02. The van der Waals surface area contributed by atoms with Crippen molar-refractivity contribution >= 4 is 24.8 Å². The molecule has 0 aliphatic carbocycles. The Bertz CT molecular complexity index is 838. The van der Waals surface area contributed by atoms with E-state index in [1.54, 1.807) is 31.5 Å². The highest BCUT2D eigenvalue weighted by Gasteiger charge is 2.53. The fourth-order valence-electron chi connectivity index (χ4n) is 2.47. The summed E-state index contributed by atoms with van der Waals surface area (Å²) >= 11 is 6.03. The van der Waals surface area contributed by atoms with Crippen LogP contribution in [-0.2, 0) is 9.31 Å². The van der Waals surface area contributed by atoms with Crippen molar-refractivity contribution in [2.75, 3.05) is 7.11 Å². The van der Waals surface area contributed by atoms with Gasteiger partial charge in [0.05, 0.1) is 24.5 Å². The summed E-state index contributed by atoms with van der Waals surface area (Å²) in [5.74, 6) is 0.571. The first kappa shape index (κ1) is 18.9. The number of aromatic nitrogens is 3. The molecule has 6 nitrogen and oxygen atoms in total. The number of benzene rings is 1. The van der Waals surface area contributed by atoms with E-state index in [2.05, 4.69) is 10.3 Å². The van der Waals surface area contributed by atoms with E-state index in [4.69, 9.17) is 25.6 Å². The molecule has 1 aromatic heterocycles. The number of ether oxygens (including phenoxy) is 1. The van der Waals surface area contributed by atoms with Crippen LogP contribution >= 0.6 is 11.6 Å². The topological polar surface area (TPSA) is 58.4 Å². The number of halogens is 2. The standard InChI is InChI=1S/C17H20BClFN3O3/c1-16(2)17(3,4)26-18(25-16)15(20)9-12-10-23(22-21-12)13-8-11(19)6-7-14(13)24-5/h6-10H,1-5H3. The minimum atomic E-state index is -1.08. The summed E-state index contributed by atoms with van der Waals surface area (Å²) in [6.07, 6.45) is 2.81. The van der Waals surface area contributed by atoms with E-state index in [-0.39, 0.29) is 0 Å². The molecule has 2 heterocycles. The number of hydrogen-bond donors (Lipinski definition) is 0. The SMILES string of the molecule is COc1ccc(Cl)cc1-n1cc(C=C(F)B2OC(C)(C)C(C)(C)O2)nn1. The predicted octanol–water partition coefficient (Wildman–Crippen LogP) is 3.87. The van der Waals surface area contributed by atoms with E-state index in [0.717, 1.165) is 0 Å². The average molecular weight is 380 g/mol. The molecule has 1 aromatic carbocycles. The number of methoxy groups -OCH3 is 1. The van der Waals surface area contributed by atoms with Crippen molar-refractivity contribution in [3.63, 3.8) is 0 Å². The van der Waals surface area contributed by atoms with Crippen molar-refractivity contribution in [3.8, 4) is 11.4 Å². The van der Waals surface area contributed by atoms with Gasteiger partial charge in [-0.05, 0) is 52.0 Å². The number of nitrogens with zero attached hydrogens (tertiary/aromatic N) is 3. The first-order chi connectivity index (χ1) is 12.1. The second kappa shape index (κ2) is 6.68. The summed E-state index contributed by atoms with van der Waals surface area (Å²) in [4.78, 5) is 0. The van der Waals surface area contributed by atoms with Gasteiger partial charge in [0.2, 0.25) is 0 Å². The lowest BCUT2D eigenvalue weighted by Crippen LogP contribution is -2.41. The Morgan fingerprint density at radius 2 is 1.92 bits per heavy atom. The van der Waals surface area contributed by atoms with Gasteiger partial charge in [-0.25, -0.2) is 9.07 Å². The van der Waals surface area contributed by atoms with Crippen LogP contribution < -0.4 is 4.74 Å². The van der Waals surface area contributed by atoms with Crippen LogP contribution in [0, 0.1) is 0 Å². The molecule has 2 aromatic rings. The van der Waals surface area contributed by atoms with Crippen LogP contribution in [0.25, 0.3) is 11.8 Å². The van der Waals surface area contributed by atoms with Crippen LogP contribution in [0.4, 0.5) is 4.39 Å². The molecule has 0 saturated carbocycles. The Hall–Kier alpha value is -1.90. The normalized spacial score (nSPS) is 19.0. The first-order valence-corrected chi connectivity index (χ1v) is 8.50. The van der Waals surface area contributed by atoms with Gasteiger partial charge < -0.3 is 14.0 Å². The molecule has 1 saturated heterocycles. The molecular formula is C17H20BClFN3O3. The van der Waals surface area contributed by atoms with Crippen LogP contribution in [0.1, 0.15) is 33.4 Å². The molecule has 1 aliphatic heterocycles. The van der Waals surface area contributed by atoms with Crippen LogP contribution in [0.3, 0.4) is 0 Å². The van der Waals surface area contributed by atoms with E-state index < -0.39 is 24.0 Å². The van der Waals surface area contributed by atoms with Crippen molar-refractivity contribution in [3.05, 3.63) is 40.8 Å². The lowest BCUT2D eigenvalue weighted by Gasteiger charge is -2.32. The van der Waals surface area contributed by atoms with Gasteiger partial charge in [0.25, 0.3) is 0 Å². The largest absolute Gasteiger partial charge is 0.525 e. The minimum Gasteiger partial charge on any atom is -0.494 e. The molecular weight excluding hydrogens is 359 g/mol. The Balaban J connectivity index is 1.85. The summed E-state index contributed by atoms with van der Waals surface area (Å²) in [7, 11) is 0.466. The Kier molecular flexibility index (Phi) is 4.85. The van der Waals surface area contributed by atoms with Crippen LogP contribution in [0.2, 0.25) is 5.02 Å². The first-order valence-electron chi connectivity index (χ1n) is 8.12. The van der Waals surface area contributed by atoms with Crippen molar-refractivity contribution < 1.29 is 18.4 Å². The molecule has 1 aliphatic rings. The van der Waals surface area contributed by atoms with Crippen LogP contribution in [0.15, 0.2) is 30.1 Å². The van der Waals surface area contributed by atoms with E-state index in [1.807, 2.05) is 27.7 Å². The predicted molar refractivity (Wildman–Crippen MR) is 98.1 cm³/mol. The van der Waals surface area contributed by atoms with E-state index in [1.165, 1.54) is 10.8 Å². The van der Waals surface area contributed by atoms with Crippen molar-refractivity contribution in [2.45, 2.75) is 38.9 Å². The van der Waals surface area contributed by atoms with Gasteiger partial charge in [-0.3, -0.25) is 0 Å². The van der Waals surface area contributed by atoms with Crippen molar-refractivity contribution in [1.82, 2.24) is 15.0 Å². The molecule has 0 unspecified atom stereocenters. The number of hydrogen-bond acceptors (Lipinski definition) is 5. The molecule has 0 bridgehead atoms. The molecule has 0 amide bonds.